The van der Waals surface area contributed by atoms with Crippen LogP contribution in [-0.2, 0) is 4.74 Å². The van der Waals surface area contributed by atoms with E-state index >= 15 is 0 Å². The van der Waals surface area contributed by atoms with Crippen molar-refractivity contribution < 1.29 is 9.53 Å². The Morgan fingerprint density at radius 1 is 1.15 bits per heavy atom. The van der Waals surface area contributed by atoms with Crippen LogP contribution in [0.2, 0.25) is 0 Å². The topological polar surface area (TPSA) is 73.4 Å². The highest BCUT2D eigenvalue weighted by Gasteiger charge is 2.20. The average molecular weight is 272 g/mol. The molecule has 0 aliphatic carbocycles. The molecule has 0 atom stereocenters. The average Bonchev–Trinajstić information content (AvgIpc) is 2.98. The Morgan fingerprint density at radius 3 is 2.55 bits per heavy atom. The lowest BCUT2D eigenvalue weighted by atomic mass is 10.3. The van der Waals surface area contributed by atoms with Crippen LogP contribution in [0.15, 0.2) is 36.5 Å². The van der Waals surface area contributed by atoms with E-state index < -0.39 is 0 Å². The van der Waals surface area contributed by atoms with Crippen LogP contribution in [0.25, 0.3) is 5.69 Å². The highest BCUT2D eigenvalue weighted by Crippen LogP contribution is 2.12. The molecule has 1 aromatic carbocycles. The number of nitrogens with two attached hydrogens (primary N) is 1. The van der Waals surface area contributed by atoms with E-state index in [-0.39, 0.29) is 5.91 Å². The maximum atomic E-state index is 12.3. The fraction of sp³-hybridized carbons (Fsp3) is 0.286. The van der Waals surface area contributed by atoms with Gasteiger partial charge in [-0.3, -0.25) is 4.79 Å². The molecule has 2 N–H and O–H groups in total. The zero-order chi connectivity index (χ0) is 13.9. The summed E-state index contributed by atoms with van der Waals surface area (Å²) < 4.78 is 6.91. The van der Waals surface area contributed by atoms with Gasteiger partial charge in [-0.2, -0.15) is 5.10 Å². The molecule has 0 saturated carbocycles. The van der Waals surface area contributed by atoms with Gasteiger partial charge in [0.25, 0.3) is 5.91 Å². The summed E-state index contributed by atoms with van der Waals surface area (Å²) in [4.78, 5) is 14.0. The van der Waals surface area contributed by atoms with Crippen LogP contribution in [0.1, 0.15) is 10.5 Å². The Balaban J connectivity index is 1.79. The third-order valence-electron chi connectivity index (χ3n) is 3.26. The zero-order valence-electron chi connectivity index (χ0n) is 11.0. The van der Waals surface area contributed by atoms with Gasteiger partial charge in [-0.05, 0) is 30.3 Å². The van der Waals surface area contributed by atoms with Crippen LogP contribution < -0.4 is 5.73 Å². The molecule has 0 spiro atoms. The fourth-order valence-electron chi connectivity index (χ4n) is 2.14. The molecule has 6 nitrogen and oxygen atoms in total. The number of rotatable bonds is 2. The van der Waals surface area contributed by atoms with E-state index in [9.17, 15) is 4.79 Å². The van der Waals surface area contributed by atoms with Crippen molar-refractivity contribution >= 4 is 11.6 Å². The number of carbonyl (C=O) groups is 1. The zero-order valence-corrected chi connectivity index (χ0v) is 11.0. The van der Waals surface area contributed by atoms with Crippen LogP contribution in [0.4, 0.5) is 5.69 Å². The summed E-state index contributed by atoms with van der Waals surface area (Å²) in [5.74, 6) is -0.0532. The van der Waals surface area contributed by atoms with Crippen molar-refractivity contribution in [3.63, 3.8) is 0 Å². The second kappa shape index (κ2) is 5.34. The van der Waals surface area contributed by atoms with E-state index in [0.717, 1.165) is 5.69 Å². The Morgan fingerprint density at radius 2 is 1.85 bits per heavy atom. The number of morpholine rings is 1. The number of hydrogen-bond donors (Lipinski definition) is 1. The summed E-state index contributed by atoms with van der Waals surface area (Å²) >= 11 is 0. The van der Waals surface area contributed by atoms with Gasteiger partial charge < -0.3 is 15.4 Å². The van der Waals surface area contributed by atoms with Gasteiger partial charge >= 0.3 is 0 Å². The monoisotopic (exact) mass is 272 g/mol. The first-order valence-electron chi connectivity index (χ1n) is 6.53. The van der Waals surface area contributed by atoms with E-state index in [1.54, 1.807) is 34.0 Å². The summed E-state index contributed by atoms with van der Waals surface area (Å²) in [5.41, 5.74) is 7.68. The van der Waals surface area contributed by atoms with E-state index in [1.807, 2.05) is 12.1 Å². The highest BCUT2D eigenvalue weighted by molar-refractivity contribution is 5.92. The van der Waals surface area contributed by atoms with Crippen LogP contribution in [0, 0.1) is 0 Å². The molecule has 0 bridgehead atoms. The summed E-state index contributed by atoms with van der Waals surface area (Å²) in [6.45, 7) is 2.41. The minimum absolute atomic E-state index is 0.0532. The van der Waals surface area contributed by atoms with Gasteiger partial charge in [0, 0.05) is 25.0 Å². The smallest absolute Gasteiger partial charge is 0.274 e. The lowest BCUT2D eigenvalue weighted by Crippen LogP contribution is -2.40. The van der Waals surface area contributed by atoms with Crippen LogP contribution in [0.5, 0.6) is 0 Å². The molecule has 0 radical (unpaired) electrons. The second-order valence-corrected chi connectivity index (χ2v) is 4.64. The van der Waals surface area contributed by atoms with Gasteiger partial charge in [-0.1, -0.05) is 0 Å². The van der Waals surface area contributed by atoms with Gasteiger partial charge in [0.05, 0.1) is 18.9 Å². The van der Waals surface area contributed by atoms with E-state index in [1.165, 1.54) is 0 Å². The Bertz CT molecular complexity index is 600. The first-order chi connectivity index (χ1) is 9.74. The van der Waals surface area contributed by atoms with Crippen molar-refractivity contribution in [2.24, 2.45) is 0 Å². The Labute approximate surface area is 116 Å². The number of anilines is 1. The molecule has 6 heteroatoms. The molecule has 1 aliphatic rings. The molecule has 1 saturated heterocycles. The molecule has 2 aromatic rings. The summed E-state index contributed by atoms with van der Waals surface area (Å²) in [6, 6.07) is 9.08. The molecule has 1 amide bonds. The molecule has 3 rings (SSSR count). The van der Waals surface area contributed by atoms with E-state index in [4.69, 9.17) is 10.5 Å². The molecular formula is C14H16N4O2. The standard InChI is InChI=1S/C14H16N4O2/c15-11-1-3-12(4-2-11)18-6-5-13(16-18)14(19)17-7-9-20-10-8-17/h1-6H,7-10,15H2. The van der Waals surface area contributed by atoms with Crippen molar-refractivity contribution in [3.8, 4) is 5.69 Å². The van der Waals surface area contributed by atoms with E-state index in [0.29, 0.717) is 37.7 Å². The van der Waals surface area contributed by atoms with Crippen molar-refractivity contribution in [3.05, 3.63) is 42.2 Å². The molecule has 1 aromatic heterocycles. The summed E-state index contributed by atoms with van der Waals surface area (Å²) in [6.07, 6.45) is 1.78. The molecule has 104 valence electrons. The fourth-order valence-corrected chi connectivity index (χ4v) is 2.14. The highest BCUT2D eigenvalue weighted by atomic mass is 16.5. The van der Waals surface area contributed by atoms with Gasteiger partial charge in [-0.15, -0.1) is 0 Å². The minimum Gasteiger partial charge on any atom is -0.399 e. The molecular weight excluding hydrogens is 256 g/mol. The van der Waals surface area contributed by atoms with Gasteiger partial charge in [0.2, 0.25) is 0 Å². The van der Waals surface area contributed by atoms with Crippen molar-refractivity contribution in [1.29, 1.82) is 0 Å². The first kappa shape index (κ1) is 12.7. The lowest BCUT2D eigenvalue weighted by molar-refractivity contribution is 0.0298. The number of nitrogen functional groups attached to an aromatic ring is 1. The van der Waals surface area contributed by atoms with Crippen molar-refractivity contribution in [2.45, 2.75) is 0 Å². The Kier molecular flexibility index (Phi) is 3.39. The van der Waals surface area contributed by atoms with Crippen LogP contribution in [-0.4, -0.2) is 46.9 Å². The third kappa shape index (κ3) is 2.50. The summed E-state index contributed by atoms with van der Waals surface area (Å²) in [7, 11) is 0. The van der Waals surface area contributed by atoms with Crippen LogP contribution >= 0.6 is 0 Å². The first-order valence-corrected chi connectivity index (χ1v) is 6.53. The number of benzene rings is 1. The number of nitrogens with zero attached hydrogens (tertiary/aromatic N) is 3. The maximum Gasteiger partial charge on any atom is 0.274 e. The Hall–Kier alpha value is -2.34. The van der Waals surface area contributed by atoms with Crippen molar-refractivity contribution in [2.75, 3.05) is 32.0 Å². The van der Waals surface area contributed by atoms with Gasteiger partial charge in [0.15, 0.2) is 5.69 Å². The van der Waals surface area contributed by atoms with E-state index in [2.05, 4.69) is 5.10 Å². The van der Waals surface area contributed by atoms with Crippen molar-refractivity contribution in [1.82, 2.24) is 14.7 Å². The van der Waals surface area contributed by atoms with Gasteiger partial charge in [0.1, 0.15) is 0 Å². The molecule has 0 unspecified atom stereocenters. The largest absolute Gasteiger partial charge is 0.399 e. The number of amides is 1. The third-order valence-corrected chi connectivity index (χ3v) is 3.26. The predicted molar refractivity (Wildman–Crippen MR) is 74.7 cm³/mol. The normalized spacial score (nSPS) is 15.3. The lowest BCUT2D eigenvalue weighted by Gasteiger charge is -2.25. The number of ether oxygens (including phenoxy) is 1. The van der Waals surface area contributed by atoms with Gasteiger partial charge in [-0.25, -0.2) is 4.68 Å². The number of carbonyl (C=O) groups excluding carboxylic acids is 1. The quantitative estimate of drug-likeness (QED) is 0.825. The predicted octanol–water partition coefficient (Wildman–Crippen LogP) is 0.927. The molecule has 2 heterocycles. The number of aromatic nitrogens is 2. The number of hydrogen-bond acceptors (Lipinski definition) is 4. The molecule has 20 heavy (non-hydrogen) atoms. The molecule has 1 fully saturated rings. The second-order valence-electron chi connectivity index (χ2n) is 4.64. The maximum absolute atomic E-state index is 12.3. The SMILES string of the molecule is Nc1ccc(-n2ccc(C(=O)N3CCOCC3)n2)cc1. The molecule has 1 aliphatic heterocycles. The minimum atomic E-state index is -0.0532. The summed E-state index contributed by atoms with van der Waals surface area (Å²) in [5, 5.41) is 4.33. The van der Waals surface area contributed by atoms with Crippen LogP contribution in [0.3, 0.4) is 0 Å².